The van der Waals surface area contributed by atoms with Crippen LogP contribution in [0.4, 0.5) is 0 Å². The van der Waals surface area contributed by atoms with E-state index in [1.54, 1.807) is 12.3 Å². The molecule has 0 radical (unpaired) electrons. The van der Waals surface area contributed by atoms with Gasteiger partial charge >= 0.3 is 5.97 Å². The van der Waals surface area contributed by atoms with E-state index in [0.717, 1.165) is 16.1 Å². The first-order valence-corrected chi connectivity index (χ1v) is 7.39. The second-order valence-corrected chi connectivity index (χ2v) is 5.66. The molecule has 0 aliphatic rings. The standard InChI is InChI=1S/C15H16N2O3S/c1-9-5-3-4-6-11(9)14-17-12(8-21-14)13(18)16-7-10(2)15(19)20/h3-6,8,10H,7H2,1-2H3,(H,16,18)(H,19,20). The molecule has 0 saturated heterocycles. The highest BCUT2D eigenvalue weighted by Gasteiger charge is 2.16. The highest BCUT2D eigenvalue weighted by molar-refractivity contribution is 7.13. The van der Waals surface area contributed by atoms with Gasteiger partial charge in [-0.25, -0.2) is 4.98 Å². The summed E-state index contributed by atoms with van der Waals surface area (Å²) < 4.78 is 0. The Balaban J connectivity index is 2.08. The number of hydrogen-bond donors (Lipinski definition) is 2. The Morgan fingerprint density at radius 2 is 2.10 bits per heavy atom. The van der Waals surface area contributed by atoms with Gasteiger partial charge in [-0.1, -0.05) is 31.2 Å². The third-order valence-electron chi connectivity index (χ3n) is 3.10. The largest absolute Gasteiger partial charge is 0.481 e. The molecular weight excluding hydrogens is 288 g/mol. The van der Waals surface area contributed by atoms with Gasteiger partial charge in [0, 0.05) is 17.5 Å². The minimum Gasteiger partial charge on any atom is -0.481 e. The monoisotopic (exact) mass is 304 g/mol. The average molecular weight is 304 g/mol. The van der Waals surface area contributed by atoms with Crippen LogP contribution < -0.4 is 5.32 Å². The lowest BCUT2D eigenvalue weighted by molar-refractivity contribution is -0.140. The maximum atomic E-state index is 11.9. The van der Waals surface area contributed by atoms with Crippen LogP contribution in [0.2, 0.25) is 0 Å². The summed E-state index contributed by atoms with van der Waals surface area (Å²) in [5, 5.41) is 13.8. The van der Waals surface area contributed by atoms with Crippen molar-refractivity contribution >= 4 is 23.2 Å². The van der Waals surface area contributed by atoms with Crippen LogP contribution in [0, 0.1) is 12.8 Å². The van der Waals surface area contributed by atoms with E-state index < -0.39 is 11.9 Å². The van der Waals surface area contributed by atoms with Gasteiger partial charge in [0.1, 0.15) is 10.7 Å². The number of carbonyl (C=O) groups excluding carboxylic acids is 1. The molecule has 2 rings (SSSR count). The van der Waals surface area contributed by atoms with Crippen LogP contribution in [0.1, 0.15) is 23.0 Å². The molecule has 6 heteroatoms. The summed E-state index contributed by atoms with van der Waals surface area (Å²) in [7, 11) is 0. The lowest BCUT2D eigenvalue weighted by Gasteiger charge is -2.06. The van der Waals surface area contributed by atoms with Crippen LogP contribution in [-0.2, 0) is 4.79 Å². The number of carbonyl (C=O) groups is 2. The molecular formula is C15H16N2O3S. The Bertz CT molecular complexity index is 666. The number of aliphatic carboxylic acids is 1. The molecule has 110 valence electrons. The number of benzene rings is 1. The molecule has 0 aliphatic heterocycles. The molecule has 5 nitrogen and oxygen atoms in total. The van der Waals surface area contributed by atoms with Gasteiger partial charge < -0.3 is 10.4 Å². The molecule has 0 bridgehead atoms. The van der Waals surface area contributed by atoms with Gasteiger partial charge in [0.15, 0.2) is 0 Å². The molecule has 1 heterocycles. The third-order valence-corrected chi connectivity index (χ3v) is 3.98. The first-order valence-electron chi connectivity index (χ1n) is 6.51. The summed E-state index contributed by atoms with van der Waals surface area (Å²) in [6, 6.07) is 7.83. The topological polar surface area (TPSA) is 79.3 Å². The van der Waals surface area contributed by atoms with Gasteiger partial charge in [0.05, 0.1) is 5.92 Å². The quantitative estimate of drug-likeness (QED) is 0.889. The maximum absolute atomic E-state index is 11.9. The highest BCUT2D eigenvalue weighted by atomic mass is 32.1. The smallest absolute Gasteiger partial charge is 0.308 e. The first kappa shape index (κ1) is 15.2. The van der Waals surface area contributed by atoms with Crippen molar-refractivity contribution in [3.8, 4) is 10.6 Å². The van der Waals surface area contributed by atoms with Crippen LogP contribution in [0.25, 0.3) is 10.6 Å². The van der Waals surface area contributed by atoms with Gasteiger partial charge in [0.25, 0.3) is 5.91 Å². The molecule has 0 saturated carbocycles. The van der Waals surface area contributed by atoms with Crippen LogP contribution >= 0.6 is 11.3 Å². The fourth-order valence-corrected chi connectivity index (χ4v) is 2.63. The van der Waals surface area contributed by atoms with Crippen molar-refractivity contribution in [1.29, 1.82) is 0 Å². The Kier molecular flexibility index (Phi) is 4.70. The van der Waals surface area contributed by atoms with Crippen molar-refractivity contribution in [2.75, 3.05) is 6.54 Å². The van der Waals surface area contributed by atoms with Crippen LogP contribution in [0.15, 0.2) is 29.6 Å². The number of thiazole rings is 1. The van der Waals surface area contributed by atoms with Crippen molar-refractivity contribution < 1.29 is 14.7 Å². The lowest BCUT2D eigenvalue weighted by atomic mass is 10.1. The fraction of sp³-hybridized carbons (Fsp3) is 0.267. The molecule has 0 fully saturated rings. The summed E-state index contributed by atoms with van der Waals surface area (Å²) in [6.45, 7) is 3.62. The number of carboxylic acids is 1. The predicted octanol–water partition coefficient (Wildman–Crippen LogP) is 2.57. The number of amides is 1. The second kappa shape index (κ2) is 6.49. The second-order valence-electron chi connectivity index (χ2n) is 4.80. The number of hydrogen-bond acceptors (Lipinski definition) is 4. The molecule has 21 heavy (non-hydrogen) atoms. The van der Waals surface area contributed by atoms with E-state index in [4.69, 9.17) is 5.11 Å². The van der Waals surface area contributed by atoms with Crippen LogP contribution in [0.5, 0.6) is 0 Å². The third kappa shape index (κ3) is 3.66. The molecule has 2 N–H and O–H groups in total. The van der Waals surface area contributed by atoms with Crippen molar-refractivity contribution in [2.24, 2.45) is 5.92 Å². The van der Waals surface area contributed by atoms with E-state index in [9.17, 15) is 9.59 Å². The number of aromatic nitrogens is 1. The zero-order chi connectivity index (χ0) is 15.4. The molecule has 1 aromatic carbocycles. The molecule has 1 aromatic heterocycles. The summed E-state index contributed by atoms with van der Waals surface area (Å²) in [5.74, 6) is -1.91. The number of carboxylic acid groups (broad SMARTS) is 1. The Hall–Kier alpha value is -2.21. The minimum atomic E-state index is -0.936. The van der Waals surface area contributed by atoms with E-state index in [1.165, 1.54) is 11.3 Å². The van der Waals surface area contributed by atoms with Crippen molar-refractivity contribution in [1.82, 2.24) is 10.3 Å². The number of aryl methyl sites for hydroxylation is 1. The van der Waals surface area contributed by atoms with E-state index in [-0.39, 0.29) is 12.5 Å². The van der Waals surface area contributed by atoms with E-state index in [1.807, 2.05) is 31.2 Å². The van der Waals surface area contributed by atoms with Gasteiger partial charge in [0.2, 0.25) is 0 Å². The predicted molar refractivity (Wildman–Crippen MR) is 81.4 cm³/mol. The van der Waals surface area contributed by atoms with Crippen LogP contribution in [-0.4, -0.2) is 28.5 Å². The first-order chi connectivity index (χ1) is 9.99. The van der Waals surface area contributed by atoms with Crippen LogP contribution in [0.3, 0.4) is 0 Å². The SMILES string of the molecule is Cc1ccccc1-c1nc(C(=O)NCC(C)C(=O)O)cs1. The highest BCUT2D eigenvalue weighted by Crippen LogP contribution is 2.26. The Morgan fingerprint density at radius 1 is 1.38 bits per heavy atom. The van der Waals surface area contributed by atoms with Gasteiger partial charge in [-0.15, -0.1) is 11.3 Å². The van der Waals surface area contributed by atoms with E-state index in [0.29, 0.717) is 5.69 Å². The normalized spacial score (nSPS) is 11.9. The van der Waals surface area contributed by atoms with Gasteiger partial charge in [-0.05, 0) is 12.5 Å². The molecule has 1 unspecified atom stereocenters. The van der Waals surface area contributed by atoms with Crippen molar-refractivity contribution in [2.45, 2.75) is 13.8 Å². The molecule has 0 spiro atoms. The average Bonchev–Trinajstić information content (AvgIpc) is 2.94. The Labute approximate surface area is 126 Å². The Morgan fingerprint density at radius 3 is 2.76 bits per heavy atom. The van der Waals surface area contributed by atoms with Gasteiger partial charge in [-0.2, -0.15) is 0 Å². The lowest BCUT2D eigenvalue weighted by Crippen LogP contribution is -2.31. The van der Waals surface area contributed by atoms with Gasteiger partial charge in [-0.3, -0.25) is 9.59 Å². The molecule has 1 atom stereocenters. The minimum absolute atomic E-state index is 0.0887. The molecule has 2 aromatic rings. The fourth-order valence-electron chi connectivity index (χ4n) is 1.74. The number of nitrogens with one attached hydrogen (secondary N) is 1. The summed E-state index contributed by atoms with van der Waals surface area (Å²) >= 11 is 1.40. The maximum Gasteiger partial charge on any atom is 0.308 e. The number of rotatable bonds is 5. The zero-order valence-electron chi connectivity index (χ0n) is 11.8. The summed E-state index contributed by atoms with van der Waals surface area (Å²) in [6.07, 6.45) is 0. The van der Waals surface area contributed by atoms with E-state index in [2.05, 4.69) is 10.3 Å². The summed E-state index contributed by atoms with van der Waals surface area (Å²) in [5.41, 5.74) is 2.41. The molecule has 1 amide bonds. The van der Waals surface area contributed by atoms with Crippen molar-refractivity contribution in [3.05, 3.63) is 40.9 Å². The van der Waals surface area contributed by atoms with E-state index >= 15 is 0 Å². The van der Waals surface area contributed by atoms with Crippen molar-refractivity contribution in [3.63, 3.8) is 0 Å². The number of nitrogens with zero attached hydrogens (tertiary/aromatic N) is 1. The summed E-state index contributed by atoms with van der Waals surface area (Å²) in [4.78, 5) is 27.0. The molecule has 0 aliphatic carbocycles. The zero-order valence-corrected chi connectivity index (χ0v) is 12.6.